The van der Waals surface area contributed by atoms with E-state index in [1.165, 1.54) is 43.4 Å². The molecule has 0 spiro atoms. The Hall–Kier alpha value is -2.59. The minimum atomic E-state index is -4.74. The summed E-state index contributed by atoms with van der Waals surface area (Å²) in [4.78, 5) is 12.1. The number of carbonyl (C=O) groups excluding carboxylic acids is 1. The lowest BCUT2D eigenvalue weighted by Crippen LogP contribution is -2.23. The highest BCUT2D eigenvalue weighted by Crippen LogP contribution is 2.22. The third-order valence-corrected chi connectivity index (χ3v) is 5.22. The van der Waals surface area contributed by atoms with Crippen molar-refractivity contribution in [2.75, 3.05) is 7.05 Å². The minimum Gasteiger partial charge on any atom is -0.406 e. The first-order valence-corrected chi connectivity index (χ1v) is 9.71. The summed E-state index contributed by atoms with van der Waals surface area (Å²) in [6.07, 6.45) is -4.14. The molecule has 0 saturated carbocycles. The molecule has 6 nitrogen and oxygen atoms in total. The van der Waals surface area contributed by atoms with Crippen LogP contribution in [0.1, 0.15) is 17.5 Å². The van der Waals surface area contributed by atoms with Gasteiger partial charge in [0.1, 0.15) is 5.75 Å². The van der Waals surface area contributed by atoms with Crippen molar-refractivity contribution in [1.29, 1.82) is 0 Å². The molecular formula is C18H19F3N2O4S. The monoisotopic (exact) mass is 416 g/mol. The van der Waals surface area contributed by atoms with E-state index in [1.807, 2.05) is 0 Å². The number of carbonyl (C=O) groups is 1. The molecule has 0 aliphatic rings. The van der Waals surface area contributed by atoms with Crippen LogP contribution in [0, 0.1) is 0 Å². The van der Waals surface area contributed by atoms with Crippen LogP contribution in [0.5, 0.6) is 5.75 Å². The molecule has 0 aliphatic heterocycles. The van der Waals surface area contributed by atoms with Gasteiger partial charge in [-0.2, -0.15) is 0 Å². The summed E-state index contributed by atoms with van der Waals surface area (Å²) in [5.41, 5.74) is 1.43. The summed E-state index contributed by atoms with van der Waals surface area (Å²) in [6.45, 7) is 0.171. The lowest BCUT2D eigenvalue weighted by atomic mass is 10.1. The molecule has 28 heavy (non-hydrogen) atoms. The fraction of sp³-hybridized carbons (Fsp3) is 0.278. The molecule has 0 aromatic heterocycles. The number of rotatable bonds is 8. The Bertz CT molecular complexity index is 896. The number of benzene rings is 2. The zero-order valence-corrected chi connectivity index (χ0v) is 15.7. The topological polar surface area (TPSA) is 84.5 Å². The second-order valence-corrected chi connectivity index (χ2v) is 7.71. The van der Waals surface area contributed by atoms with Gasteiger partial charge in [0.05, 0.1) is 4.90 Å². The van der Waals surface area contributed by atoms with Crippen LogP contribution in [-0.4, -0.2) is 27.7 Å². The van der Waals surface area contributed by atoms with Crippen molar-refractivity contribution in [3.8, 4) is 5.75 Å². The van der Waals surface area contributed by atoms with Crippen molar-refractivity contribution in [2.24, 2.45) is 0 Å². The second-order valence-electron chi connectivity index (χ2n) is 5.82. The molecule has 2 N–H and O–H groups in total. The fourth-order valence-electron chi connectivity index (χ4n) is 2.31. The highest BCUT2D eigenvalue weighted by Gasteiger charge is 2.30. The number of alkyl halides is 3. The Morgan fingerprint density at radius 1 is 1.00 bits per heavy atom. The van der Waals surface area contributed by atoms with Crippen molar-refractivity contribution >= 4 is 15.9 Å². The molecule has 1 amide bonds. The summed E-state index contributed by atoms with van der Waals surface area (Å²) in [6, 6.07) is 11.4. The average molecular weight is 416 g/mol. The van der Waals surface area contributed by atoms with E-state index in [0.29, 0.717) is 12.0 Å². The fourth-order valence-corrected chi connectivity index (χ4v) is 3.04. The molecule has 2 aromatic rings. The van der Waals surface area contributed by atoms with Gasteiger partial charge in [-0.25, -0.2) is 13.1 Å². The van der Waals surface area contributed by atoms with Gasteiger partial charge in [-0.3, -0.25) is 4.79 Å². The number of sulfonamides is 1. The SMILES string of the molecule is CNS(=O)(=O)c1ccc(CCC(=O)NCc2ccc(OC(F)(F)F)cc2)cc1. The van der Waals surface area contributed by atoms with Crippen LogP contribution in [0.4, 0.5) is 13.2 Å². The summed E-state index contributed by atoms with van der Waals surface area (Å²) in [5, 5.41) is 2.67. The molecule has 0 radical (unpaired) electrons. The standard InChI is InChI=1S/C18H19F3N2O4S/c1-22-28(25,26)16-9-4-13(5-10-16)6-11-17(24)23-12-14-2-7-15(8-3-14)27-18(19,20)21/h2-5,7-10,22H,6,11-12H2,1H3,(H,23,24). The molecule has 2 aromatic carbocycles. The number of halogens is 3. The van der Waals surface area contributed by atoms with E-state index in [0.717, 1.165) is 5.56 Å². The Morgan fingerprint density at radius 2 is 1.57 bits per heavy atom. The van der Waals surface area contributed by atoms with Crippen molar-refractivity contribution < 1.29 is 31.1 Å². The van der Waals surface area contributed by atoms with E-state index >= 15 is 0 Å². The van der Waals surface area contributed by atoms with Gasteiger partial charge >= 0.3 is 6.36 Å². The maximum absolute atomic E-state index is 12.1. The van der Waals surface area contributed by atoms with Crippen LogP contribution < -0.4 is 14.8 Å². The number of aryl methyl sites for hydroxylation is 1. The minimum absolute atomic E-state index is 0.140. The van der Waals surface area contributed by atoms with Gasteiger partial charge in [-0.15, -0.1) is 13.2 Å². The summed E-state index contributed by atoms with van der Waals surface area (Å²) >= 11 is 0. The Kier molecular flexibility index (Phi) is 7.03. The van der Waals surface area contributed by atoms with Crippen LogP contribution in [0.2, 0.25) is 0 Å². The first-order chi connectivity index (χ1) is 13.1. The zero-order valence-electron chi connectivity index (χ0n) is 14.9. The summed E-state index contributed by atoms with van der Waals surface area (Å²) in [5.74, 6) is -0.561. The summed E-state index contributed by atoms with van der Waals surface area (Å²) < 4.78 is 65.6. The number of nitrogens with one attached hydrogen (secondary N) is 2. The van der Waals surface area contributed by atoms with E-state index in [4.69, 9.17) is 0 Å². The third-order valence-electron chi connectivity index (χ3n) is 3.79. The maximum Gasteiger partial charge on any atom is 0.573 e. The largest absolute Gasteiger partial charge is 0.573 e. The molecule has 2 rings (SSSR count). The van der Waals surface area contributed by atoms with Crippen molar-refractivity contribution in [1.82, 2.24) is 10.0 Å². The molecule has 0 saturated heterocycles. The van der Waals surface area contributed by atoms with Crippen LogP contribution in [0.25, 0.3) is 0 Å². The first-order valence-electron chi connectivity index (χ1n) is 8.23. The van der Waals surface area contributed by atoms with Gasteiger partial charge in [-0.05, 0) is 48.9 Å². The molecule has 0 fully saturated rings. The normalized spacial score (nSPS) is 11.9. The van der Waals surface area contributed by atoms with Crippen molar-refractivity contribution in [3.05, 3.63) is 59.7 Å². The Labute approximate surface area is 160 Å². The number of hydrogen-bond donors (Lipinski definition) is 2. The number of amides is 1. The average Bonchev–Trinajstić information content (AvgIpc) is 2.65. The smallest absolute Gasteiger partial charge is 0.406 e. The van der Waals surface area contributed by atoms with E-state index in [1.54, 1.807) is 12.1 Å². The second kappa shape index (κ2) is 9.07. The van der Waals surface area contributed by atoms with E-state index in [9.17, 15) is 26.4 Å². The van der Waals surface area contributed by atoms with Crippen LogP contribution in [-0.2, 0) is 27.8 Å². The van der Waals surface area contributed by atoms with Crippen LogP contribution >= 0.6 is 0 Å². The van der Waals surface area contributed by atoms with Gasteiger partial charge in [0, 0.05) is 13.0 Å². The maximum atomic E-state index is 12.1. The van der Waals surface area contributed by atoms with Crippen LogP contribution in [0.3, 0.4) is 0 Å². The molecular weight excluding hydrogens is 397 g/mol. The highest BCUT2D eigenvalue weighted by atomic mass is 32.2. The van der Waals surface area contributed by atoms with Crippen molar-refractivity contribution in [3.63, 3.8) is 0 Å². The molecule has 0 heterocycles. The molecule has 152 valence electrons. The summed E-state index contributed by atoms with van der Waals surface area (Å²) in [7, 11) is -2.18. The van der Waals surface area contributed by atoms with Gasteiger partial charge in [-0.1, -0.05) is 24.3 Å². The quantitative estimate of drug-likeness (QED) is 0.693. The highest BCUT2D eigenvalue weighted by molar-refractivity contribution is 7.89. The molecule has 0 atom stereocenters. The number of hydrogen-bond acceptors (Lipinski definition) is 4. The van der Waals surface area contributed by atoms with Gasteiger partial charge in [0.25, 0.3) is 0 Å². The predicted molar refractivity (Wildman–Crippen MR) is 96.0 cm³/mol. The number of ether oxygens (including phenoxy) is 1. The zero-order chi connectivity index (χ0) is 20.8. The predicted octanol–water partition coefficient (Wildman–Crippen LogP) is 2.74. The van der Waals surface area contributed by atoms with E-state index in [-0.39, 0.29) is 29.5 Å². The lowest BCUT2D eigenvalue weighted by Gasteiger charge is -2.10. The van der Waals surface area contributed by atoms with Gasteiger partial charge in [0.2, 0.25) is 15.9 Å². The van der Waals surface area contributed by atoms with E-state index < -0.39 is 16.4 Å². The third kappa shape index (κ3) is 6.86. The van der Waals surface area contributed by atoms with Crippen LogP contribution in [0.15, 0.2) is 53.4 Å². The lowest BCUT2D eigenvalue weighted by molar-refractivity contribution is -0.274. The van der Waals surface area contributed by atoms with Crippen molar-refractivity contribution in [2.45, 2.75) is 30.6 Å². The molecule has 0 aliphatic carbocycles. The molecule has 0 unspecified atom stereocenters. The molecule has 10 heteroatoms. The van der Waals surface area contributed by atoms with Gasteiger partial charge < -0.3 is 10.1 Å². The van der Waals surface area contributed by atoms with E-state index in [2.05, 4.69) is 14.8 Å². The Balaban J connectivity index is 1.80. The first kappa shape index (κ1) is 21.7. The van der Waals surface area contributed by atoms with Gasteiger partial charge in [0.15, 0.2) is 0 Å². The molecule has 0 bridgehead atoms. The Morgan fingerprint density at radius 3 is 2.11 bits per heavy atom.